The highest BCUT2D eigenvalue weighted by Gasteiger charge is 2.32. The van der Waals surface area contributed by atoms with Crippen molar-refractivity contribution in [2.45, 2.75) is 18.7 Å². The quantitative estimate of drug-likeness (QED) is 0.602. The van der Waals surface area contributed by atoms with E-state index in [4.69, 9.17) is 20.8 Å². The Labute approximate surface area is 102 Å². The number of halogens is 1. The summed E-state index contributed by atoms with van der Waals surface area (Å²) in [4.78, 5) is 28.1. The number of aromatic nitrogens is 1. The number of carbonyl (C=O) groups excluding carboxylic acids is 2. The molecule has 1 unspecified atom stereocenters. The molecule has 0 aliphatic carbocycles. The zero-order valence-electron chi connectivity index (χ0n) is 9.18. The van der Waals surface area contributed by atoms with Crippen LogP contribution in [0.15, 0.2) is 10.7 Å². The van der Waals surface area contributed by atoms with Crippen LogP contribution in [0.1, 0.15) is 23.8 Å². The highest BCUT2D eigenvalue weighted by atomic mass is 35.5. The Hall–Kier alpha value is -1.56. The molecule has 6 nitrogen and oxygen atoms in total. The van der Waals surface area contributed by atoms with Gasteiger partial charge in [-0.25, -0.2) is 4.79 Å². The first-order valence-electron chi connectivity index (χ1n) is 5.19. The van der Waals surface area contributed by atoms with E-state index in [1.807, 2.05) is 0 Å². The second-order valence-electron chi connectivity index (χ2n) is 3.54. The van der Waals surface area contributed by atoms with Crippen molar-refractivity contribution in [2.75, 3.05) is 18.1 Å². The van der Waals surface area contributed by atoms with Crippen LogP contribution >= 0.6 is 11.6 Å². The molecule has 1 saturated heterocycles. The molecule has 2 rings (SSSR count). The summed E-state index contributed by atoms with van der Waals surface area (Å²) >= 11 is 5.85. The van der Waals surface area contributed by atoms with E-state index in [9.17, 15) is 9.59 Å². The van der Waals surface area contributed by atoms with Crippen LogP contribution in [0.3, 0.4) is 0 Å². The minimum absolute atomic E-state index is 0.0488. The largest absolute Gasteiger partial charge is 0.461 e. The van der Waals surface area contributed by atoms with Gasteiger partial charge in [0.05, 0.1) is 12.0 Å². The van der Waals surface area contributed by atoms with E-state index in [2.05, 4.69) is 4.98 Å². The predicted octanol–water partition coefficient (Wildman–Crippen LogP) is 1.20. The first kappa shape index (κ1) is 11.9. The van der Waals surface area contributed by atoms with Gasteiger partial charge in [0.25, 0.3) is 0 Å². The summed E-state index contributed by atoms with van der Waals surface area (Å²) in [5.74, 6) is -0.737. The van der Waals surface area contributed by atoms with Crippen LogP contribution in [0, 0.1) is 0 Å². The topological polar surface area (TPSA) is 72.6 Å². The van der Waals surface area contributed by atoms with Crippen LogP contribution in [-0.4, -0.2) is 35.4 Å². The molecule has 1 atom stereocenters. The minimum atomic E-state index is -0.573. The summed E-state index contributed by atoms with van der Waals surface area (Å²) in [6.45, 7) is 2.29. The Kier molecular flexibility index (Phi) is 3.33. The van der Waals surface area contributed by atoms with E-state index < -0.39 is 5.97 Å². The first-order valence-corrected chi connectivity index (χ1v) is 5.62. The molecule has 1 aromatic rings. The van der Waals surface area contributed by atoms with E-state index in [0.29, 0.717) is 6.54 Å². The number of hydrogen-bond donors (Lipinski definition) is 0. The number of amides is 1. The number of ether oxygens (including phenoxy) is 1. The summed E-state index contributed by atoms with van der Waals surface area (Å²) in [6, 6.07) is 0.0844. The summed E-state index contributed by atoms with van der Waals surface area (Å²) in [5.41, 5.74) is 0.0488. The monoisotopic (exact) mass is 258 g/mol. The lowest BCUT2D eigenvalue weighted by Gasteiger charge is -2.08. The van der Waals surface area contributed by atoms with Crippen LogP contribution in [0.2, 0.25) is 0 Å². The average molecular weight is 259 g/mol. The Morgan fingerprint density at radius 3 is 3.12 bits per heavy atom. The normalized spacial score (nSPS) is 19.8. The van der Waals surface area contributed by atoms with Gasteiger partial charge in [0.1, 0.15) is 6.26 Å². The Morgan fingerprint density at radius 2 is 2.53 bits per heavy atom. The molecule has 0 N–H and O–H groups in total. The molecule has 0 bridgehead atoms. The van der Waals surface area contributed by atoms with Crippen molar-refractivity contribution < 1.29 is 18.7 Å². The average Bonchev–Trinajstić information content (AvgIpc) is 2.85. The van der Waals surface area contributed by atoms with Gasteiger partial charge in [-0.3, -0.25) is 9.69 Å². The number of alkyl halides is 1. The van der Waals surface area contributed by atoms with Crippen molar-refractivity contribution in [1.82, 2.24) is 4.98 Å². The van der Waals surface area contributed by atoms with Gasteiger partial charge in [-0.05, 0) is 6.92 Å². The van der Waals surface area contributed by atoms with Gasteiger partial charge in [0.15, 0.2) is 5.69 Å². The molecule has 0 aromatic carbocycles. The van der Waals surface area contributed by atoms with Gasteiger partial charge in [-0.15, -0.1) is 11.6 Å². The molecular weight excluding hydrogens is 248 g/mol. The molecule has 92 valence electrons. The summed E-state index contributed by atoms with van der Waals surface area (Å²) in [6.07, 6.45) is 1.42. The molecule has 1 aliphatic rings. The lowest BCUT2D eigenvalue weighted by atomic mass is 10.4. The van der Waals surface area contributed by atoms with Gasteiger partial charge < -0.3 is 9.15 Å². The van der Waals surface area contributed by atoms with Crippen molar-refractivity contribution in [3.8, 4) is 0 Å². The Morgan fingerprint density at radius 1 is 1.76 bits per heavy atom. The standard InChI is InChI=1S/C10H11ClN2O4/c1-2-16-9(15)7-5-17-10(12-7)13-4-6(11)3-8(13)14/h5-6H,2-4H2,1H3. The molecule has 0 spiro atoms. The van der Waals surface area contributed by atoms with Crippen molar-refractivity contribution in [1.29, 1.82) is 0 Å². The SMILES string of the molecule is CCOC(=O)c1coc(N2CC(Cl)CC2=O)n1. The van der Waals surface area contributed by atoms with Crippen molar-refractivity contribution in [3.05, 3.63) is 12.0 Å². The predicted molar refractivity (Wildman–Crippen MR) is 59.1 cm³/mol. The number of nitrogens with zero attached hydrogens (tertiary/aromatic N) is 2. The molecule has 2 heterocycles. The third-order valence-electron chi connectivity index (χ3n) is 2.29. The van der Waals surface area contributed by atoms with Gasteiger partial charge in [0, 0.05) is 13.0 Å². The molecule has 0 saturated carbocycles. The van der Waals surface area contributed by atoms with Gasteiger partial charge in [-0.1, -0.05) is 0 Å². The second kappa shape index (κ2) is 4.75. The zero-order valence-corrected chi connectivity index (χ0v) is 9.94. The Bertz CT molecular complexity index is 445. The molecule has 17 heavy (non-hydrogen) atoms. The van der Waals surface area contributed by atoms with E-state index >= 15 is 0 Å². The molecule has 1 aliphatic heterocycles. The van der Waals surface area contributed by atoms with Gasteiger partial charge in [0.2, 0.25) is 5.91 Å². The van der Waals surface area contributed by atoms with Gasteiger partial charge in [-0.2, -0.15) is 4.98 Å². The second-order valence-corrected chi connectivity index (χ2v) is 4.16. The van der Waals surface area contributed by atoms with Gasteiger partial charge >= 0.3 is 12.0 Å². The maximum Gasteiger partial charge on any atom is 0.360 e. The van der Waals surface area contributed by atoms with Crippen molar-refractivity contribution >= 4 is 29.5 Å². The first-order chi connectivity index (χ1) is 8.11. The summed E-state index contributed by atoms with van der Waals surface area (Å²) in [7, 11) is 0. The van der Waals surface area contributed by atoms with Crippen LogP contribution in [0.25, 0.3) is 0 Å². The molecule has 1 aromatic heterocycles. The van der Waals surface area contributed by atoms with Crippen LogP contribution in [-0.2, 0) is 9.53 Å². The number of anilines is 1. The number of hydrogen-bond acceptors (Lipinski definition) is 5. The lowest BCUT2D eigenvalue weighted by Crippen LogP contribution is -2.25. The van der Waals surface area contributed by atoms with Crippen LogP contribution in [0.5, 0.6) is 0 Å². The zero-order chi connectivity index (χ0) is 12.4. The fraction of sp³-hybridized carbons (Fsp3) is 0.500. The van der Waals surface area contributed by atoms with Crippen molar-refractivity contribution in [3.63, 3.8) is 0 Å². The maximum atomic E-state index is 11.5. The van der Waals surface area contributed by atoms with E-state index in [1.54, 1.807) is 6.92 Å². The summed E-state index contributed by atoms with van der Waals surface area (Å²) < 4.78 is 9.83. The van der Waals surface area contributed by atoms with E-state index in [1.165, 1.54) is 11.2 Å². The summed E-state index contributed by atoms with van der Waals surface area (Å²) in [5, 5.41) is -0.250. The minimum Gasteiger partial charge on any atom is -0.461 e. The third kappa shape index (κ3) is 2.41. The van der Waals surface area contributed by atoms with Crippen LogP contribution < -0.4 is 4.90 Å². The maximum absolute atomic E-state index is 11.5. The fourth-order valence-corrected chi connectivity index (χ4v) is 1.81. The number of esters is 1. The molecule has 7 heteroatoms. The highest BCUT2D eigenvalue weighted by molar-refractivity contribution is 6.24. The molecule has 1 fully saturated rings. The fourth-order valence-electron chi connectivity index (χ4n) is 1.54. The Balaban J connectivity index is 2.13. The van der Waals surface area contributed by atoms with Crippen molar-refractivity contribution in [2.24, 2.45) is 0 Å². The molecular formula is C10H11ClN2O4. The van der Waals surface area contributed by atoms with E-state index in [0.717, 1.165) is 0 Å². The van der Waals surface area contributed by atoms with E-state index in [-0.39, 0.29) is 36.0 Å². The smallest absolute Gasteiger partial charge is 0.360 e. The number of carbonyl (C=O) groups is 2. The highest BCUT2D eigenvalue weighted by Crippen LogP contribution is 2.23. The number of rotatable bonds is 3. The third-order valence-corrected chi connectivity index (χ3v) is 2.58. The van der Waals surface area contributed by atoms with Crippen LogP contribution in [0.4, 0.5) is 6.01 Å². The lowest BCUT2D eigenvalue weighted by molar-refractivity contribution is -0.117. The molecule has 1 amide bonds. The number of oxazole rings is 1. The molecule has 0 radical (unpaired) electrons.